The fourth-order valence-electron chi connectivity index (χ4n) is 2.94. The highest BCUT2D eigenvalue weighted by Gasteiger charge is 2.28. The zero-order chi connectivity index (χ0) is 17.1. The van der Waals surface area contributed by atoms with Crippen molar-refractivity contribution < 1.29 is 14.1 Å². The van der Waals surface area contributed by atoms with E-state index in [1.807, 2.05) is 4.90 Å². The number of aromatic nitrogens is 3. The molecule has 0 radical (unpaired) electrons. The van der Waals surface area contributed by atoms with Crippen LogP contribution < -0.4 is 10.1 Å². The summed E-state index contributed by atoms with van der Waals surface area (Å²) in [4.78, 5) is 22.9. The van der Waals surface area contributed by atoms with Gasteiger partial charge in [0.2, 0.25) is 0 Å². The first kappa shape index (κ1) is 16.2. The van der Waals surface area contributed by atoms with Gasteiger partial charge in [-0.05, 0) is 26.7 Å². The molecule has 0 spiro atoms. The lowest BCUT2D eigenvalue weighted by molar-refractivity contribution is 0.0716. The molecule has 24 heavy (non-hydrogen) atoms. The Hall–Kier alpha value is -2.64. The van der Waals surface area contributed by atoms with Crippen LogP contribution in [0.3, 0.4) is 0 Å². The lowest BCUT2D eigenvalue weighted by Gasteiger charge is -2.32. The topological polar surface area (TPSA) is 93.4 Å². The lowest BCUT2D eigenvalue weighted by Crippen LogP contribution is -2.42. The average Bonchev–Trinajstić information content (AvgIpc) is 2.94. The quantitative estimate of drug-likeness (QED) is 0.913. The minimum atomic E-state index is -0.0122. The molecule has 0 aliphatic carbocycles. The minimum Gasteiger partial charge on any atom is -0.478 e. The van der Waals surface area contributed by atoms with Crippen molar-refractivity contribution in [3.8, 4) is 5.88 Å². The molecule has 0 bridgehead atoms. The van der Waals surface area contributed by atoms with E-state index in [0.29, 0.717) is 41.8 Å². The highest BCUT2D eigenvalue weighted by Crippen LogP contribution is 2.23. The maximum atomic E-state index is 12.6. The Morgan fingerprint density at radius 2 is 2.00 bits per heavy atom. The van der Waals surface area contributed by atoms with E-state index in [0.717, 1.165) is 12.8 Å². The fourth-order valence-corrected chi connectivity index (χ4v) is 2.94. The summed E-state index contributed by atoms with van der Waals surface area (Å²) >= 11 is 0. The molecular formula is C16H21N5O3. The van der Waals surface area contributed by atoms with Crippen LogP contribution in [0.5, 0.6) is 5.88 Å². The van der Waals surface area contributed by atoms with Gasteiger partial charge in [-0.15, -0.1) is 0 Å². The molecule has 8 nitrogen and oxygen atoms in total. The summed E-state index contributed by atoms with van der Waals surface area (Å²) in [6.07, 6.45) is 4.87. The molecule has 3 rings (SSSR count). The van der Waals surface area contributed by atoms with Crippen LogP contribution in [0.25, 0.3) is 0 Å². The molecule has 1 aliphatic rings. The number of nitrogens with zero attached hydrogens (tertiary/aromatic N) is 4. The number of hydrogen-bond donors (Lipinski definition) is 1. The van der Waals surface area contributed by atoms with Gasteiger partial charge < -0.3 is 19.5 Å². The molecule has 1 N–H and O–H groups in total. The number of likely N-dealkylation sites (tertiary alicyclic amines) is 1. The number of hydrogen-bond acceptors (Lipinski definition) is 7. The Balaban J connectivity index is 1.61. The number of nitrogens with one attached hydrogen (secondary N) is 1. The number of ether oxygens (including phenoxy) is 1. The van der Waals surface area contributed by atoms with Crippen molar-refractivity contribution in [2.24, 2.45) is 0 Å². The van der Waals surface area contributed by atoms with Crippen LogP contribution in [0.4, 0.5) is 5.82 Å². The van der Waals surface area contributed by atoms with Gasteiger partial charge in [0.25, 0.3) is 11.8 Å². The van der Waals surface area contributed by atoms with Gasteiger partial charge in [0.05, 0.1) is 12.8 Å². The predicted octanol–water partition coefficient (Wildman–Crippen LogP) is 1.81. The van der Waals surface area contributed by atoms with Gasteiger partial charge in [0.15, 0.2) is 5.82 Å². The number of piperidine rings is 1. The maximum absolute atomic E-state index is 12.6. The number of carbonyl (C=O) groups excluding carboxylic acids is 1. The summed E-state index contributed by atoms with van der Waals surface area (Å²) in [5, 5.41) is 7.21. The van der Waals surface area contributed by atoms with Crippen LogP contribution in [0, 0.1) is 13.8 Å². The molecular weight excluding hydrogens is 310 g/mol. The predicted molar refractivity (Wildman–Crippen MR) is 87.1 cm³/mol. The third kappa shape index (κ3) is 3.17. The average molecular weight is 331 g/mol. The van der Waals surface area contributed by atoms with Gasteiger partial charge in [0, 0.05) is 31.5 Å². The number of rotatable bonds is 4. The molecule has 0 unspecified atom stereocenters. The third-order valence-electron chi connectivity index (χ3n) is 4.23. The van der Waals surface area contributed by atoms with Gasteiger partial charge >= 0.3 is 0 Å². The molecule has 2 aromatic rings. The third-order valence-corrected chi connectivity index (χ3v) is 4.23. The van der Waals surface area contributed by atoms with E-state index in [4.69, 9.17) is 9.26 Å². The van der Waals surface area contributed by atoms with E-state index in [2.05, 4.69) is 20.4 Å². The molecule has 128 valence electrons. The zero-order valence-corrected chi connectivity index (χ0v) is 14.1. The first-order valence-electron chi connectivity index (χ1n) is 7.93. The Labute approximate surface area is 140 Å². The molecule has 8 heteroatoms. The summed E-state index contributed by atoms with van der Waals surface area (Å²) in [6.45, 7) is 4.90. The largest absolute Gasteiger partial charge is 0.478 e. The molecule has 0 aromatic carbocycles. The molecule has 0 saturated carbocycles. The molecule has 1 saturated heterocycles. The normalized spacial score (nSPS) is 15.4. The summed E-state index contributed by atoms with van der Waals surface area (Å²) in [6, 6.07) is 0.226. The van der Waals surface area contributed by atoms with Gasteiger partial charge in [-0.2, -0.15) is 0 Å². The number of anilines is 1. The van der Waals surface area contributed by atoms with E-state index in [9.17, 15) is 4.79 Å². The smallest absolute Gasteiger partial charge is 0.259 e. The zero-order valence-electron chi connectivity index (χ0n) is 14.1. The van der Waals surface area contributed by atoms with Gasteiger partial charge in [-0.1, -0.05) is 5.16 Å². The number of carbonyl (C=O) groups is 1. The van der Waals surface area contributed by atoms with Crippen LogP contribution in [0.15, 0.2) is 16.9 Å². The number of methoxy groups -OCH3 is 1. The second-order valence-corrected chi connectivity index (χ2v) is 5.82. The minimum absolute atomic E-state index is 0.0122. The second-order valence-electron chi connectivity index (χ2n) is 5.82. The van der Waals surface area contributed by atoms with Crippen LogP contribution in [-0.4, -0.2) is 52.2 Å². The lowest BCUT2D eigenvalue weighted by atomic mass is 10.0. The Morgan fingerprint density at radius 3 is 2.62 bits per heavy atom. The fraction of sp³-hybridized carbons (Fsp3) is 0.500. The highest BCUT2D eigenvalue weighted by atomic mass is 16.5. The molecule has 2 aromatic heterocycles. The van der Waals surface area contributed by atoms with Gasteiger partial charge in [-0.3, -0.25) is 4.79 Å². The molecule has 1 aliphatic heterocycles. The van der Waals surface area contributed by atoms with Crippen LogP contribution in [0.1, 0.15) is 34.7 Å². The van der Waals surface area contributed by atoms with Gasteiger partial charge in [-0.25, -0.2) is 9.97 Å². The van der Waals surface area contributed by atoms with E-state index >= 15 is 0 Å². The Kier molecular flexibility index (Phi) is 4.64. The van der Waals surface area contributed by atoms with Crippen molar-refractivity contribution in [3.05, 3.63) is 29.4 Å². The SMILES string of the molecule is COc1nccnc1NC1CCN(C(=O)c2c(C)noc2C)CC1. The summed E-state index contributed by atoms with van der Waals surface area (Å²) in [7, 11) is 1.57. The van der Waals surface area contributed by atoms with Crippen molar-refractivity contribution in [1.82, 2.24) is 20.0 Å². The number of aryl methyl sites for hydroxylation is 2. The first-order valence-corrected chi connectivity index (χ1v) is 7.93. The summed E-state index contributed by atoms with van der Waals surface area (Å²) < 4.78 is 10.3. The van der Waals surface area contributed by atoms with Crippen molar-refractivity contribution >= 4 is 11.7 Å². The van der Waals surface area contributed by atoms with Crippen LogP contribution in [0.2, 0.25) is 0 Å². The summed E-state index contributed by atoms with van der Waals surface area (Å²) in [5.74, 6) is 1.67. The highest BCUT2D eigenvalue weighted by molar-refractivity contribution is 5.96. The number of amides is 1. The molecule has 0 atom stereocenters. The van der Waals surface area contributed by atoms with Crippen LogP contribution in [-0.2, 0) is 0 Å². The van der Waals surface area contributed by atoms with E-state index in [1.54, 1.807) is 33.4 Å². The van der Waals surface area contributed by atoms with E-state index in [1.165, 1.54) is 0 Å². The maximum Gasteiger partial charge on any atom is 0.259 e. The van der Waals surface area contributed by atoms with Crippen molar-refractivity contribution in [3.63, 3.8) is 0 Å². The molecule has 3 heterocycles. The second kappa shape index (κ2) is 6.86. The molecule has 1 amide bonds. The standard InChI is InChI=1S/C16H21N5O3/c1-10-13(11(2)24-20-10)16(22)21-8-4-12(5-9-21)19-14-15(23-3)18-7-6-17-14/h6-7,12H,4-5,8-9H2,1-3H3,(H,17,19). The molecule has 1 fully saturated rings. The van der Waals surface area contributed by atoms with Crippen molar-refractivity contribution in [1.29, 1.82) is 0 Å². The van der Waals surface area contributed by atoms with Crippen molar-refractivity contribution in [2.75, 3.05) is 25.5 Å². The van der Waals surface area contributed by atoms with E-state index in [-0.39, 0.29) is 11.9 Å². The Bertz CT molecular complexity index is 703. The van der Waals surface area contributed by atoms with Crippen molar-refractivity contribution in [2.45, 2.75) is 32.7 Å². The van der Waals surface area contributed by atoms with E-state index < -0.39 is 0 Å². The summed E-state index contributed by atoms with van der Waals surface area (Å²) in [5.41, 5.74) is 1.22. The van der Waals surface area contributed by atoms with Crippen LogP contribution >= 0.6 is 0 Å². The van der Waals surface area contributed by atoms with Gasteiger partial charge in [0.1, 0.15) is 11.3 Å². The first-order chi connectivity index (χ1) is 11.6. The Morgan fingerprint density at radius 1 is 1.29 bits per heavy atom. The monoisotopic (exact) mass is 331 g/mol.